The lowest BCUT2D eigenvalue weighted by Crippen LogP contribution is -2.60. The van der Waals surface area contributed by atoms with Gasteiger partial charge in [0.2, 0.25) is 5.91 Å². The Kier molecular flexibility index (Phi) is 9.14. The molecule has 0 spiro atoms. The molecular formula is C28H38N2O5S. The van der Waals surface area contributed by atoms with E-state index in [9.17, 15) is 9.59 Å². The van der Waals surface area contributed by atoms with Crippen LogP contribution in [0.25, 0.3) is 0 Å². The lowest BCUT2D eigenvalue weighted by atomic mass is 9.88. The van der Waals surface area contributed by atoms with Crippen LogP contribution in [-0.2, 0) is 20.8 Å². The molecule has 1 unspecified atom stereocenters. The first-order valence-corrected chi connectivity index (χ1v) is 13.8. The Hall–Kier alpha value is -2.29. The molecule has 0 aliphatic carbocycles. The molecule has 3 heterocycles. The summed E-state index contributed by atoms with van der Waals surface area (Å²) in [6.45, 7) is 2.50. The van der Waals surface area contributed by atoms with Crippen molar-refractivity contribution in [2.45, 2.75) is 82.4 Å². The molecule has 0 saturated carbocycles. The van der Waals surface area contributed by atoms with Crippen molar-refractivity contribution in [2.24, 2.45) is 0 Å². The molecule has 2 amide bonds. The highest BCUT2D eigenvalue weighted by molar-refractivity contribution is 8.13. The van der Waals surface area contributed by atoms with Crippen molar-refractivity contribution in [3.8, 4) is 5.75 Å². The molecule has 8 heteroatoms. The lowest BCUT2D eigenvalue weighted by Gasteiger charge is -2.46. The molecule has 3 aliphatic rings. The van der Waals surface area contributed by atoms with Gasteiger partial charge in [0.15, 0.2) is 0 Å². The second kappa shape index (κ2) is 12.3. The molecule has 2 saturated heterocycles. The molecular weight excluding hydrogens is 476 g/mol. The van der Waals surface area contributed by atoms with Gasteiger partial charge in [0.05, 0.1) is 25.4 Å². The number of allylic oxidation sites excluding steroid dienone is 3. The van der Waals surface area contributed by atoms with Gasteiger partial charge in [0.1, 0.15) is 11.5 Å². The highest BCUT2D eigenvalue weighted by Gasteiger charge is 2.48. The maximum absolute atomic E-state index is 13.0. The zero-order chi connectivity index (χ0) is 25.5. The first kappa shape index (κ1) is 26.8. The predicted molar refractivity (Wildman–Crippen MR) is 142 cm³/mol. The fourth-order valence-electron chi connectivity index (χ4n) is 5.29. The molecule has 7 nitrogen and oxygen atoms in total. The molecule has 196 valence electrons. The van der Waals surface area contributed by atoms with Crippen molar-refractivity contribution in [1.82, 2.24) is 10.2 Å². The summed E-state index contributed by atoms with van der Waals surface area (Å²) in [6, 6.07) is 7.70. The van der Waals surface area contributed by atoms with Gasteiger partial charge in [-0.1, -0.05) is 41.6 Å². The number of rotatable bonds is 5. The second-order valence-electron chi connectivity index (χ2n) is 9.94. The molecule has 3 aliphatic heterocycles. The van der Waals surface area contributed by atoms with Gasteiger partial charge in [0.25, 0.3) is 5.24 Å². The molecule has 4 rings (SSSR count). The van der Waals surface area contributed by atoms with E-state index in [0.717, 1.165) is 49.0 Å². The zero-order valence-corrected chi connectivity index (χ0v) is 22.4. The van der Waals surface area contributed by atoms with Crippen LogP contribution in [-0.4, -0.2) is 60.0 Å². The minimum Gasteiger partial charge on any atom is -0.497 e. The number of amides is 2. The highest BCUT2D eigenvalue weighted by atomic mass is 32.2. The number of hydrogen-bond donors (Lipinski definition) is 1. The van der Waals surface area contributed by atoms with Gasteiger partial charge in [-0.15, -0.1) is 0 Å². The normalized spacial score (nSPS) is 29.9. The molecule has 4 atom stereocenters. The summed E-state index contributed by atoms with van der Waals surface area (Å²) in [4.78, 5) is 27.8. The highest BCUT2D eigenvalue weighted by Crippen LogP contribution is 2.38. The fraction of sp³-hybridized carbons (Fsp3) is 0.571. The van der Waals surface area contributed by atoms with E-state index in [1.807, 2.05) is 36.1 Å². The number of carbonyl (C=O) groups excluding carboxylic acids is 2. The Morgan fingerprint density at radius 1 is 1.14 bits per heavy atom. The fourth-order valence-corrected chi connectivity index (χ4v) is 6.36. The van der Waals surface area contributed by atoms with Gasteiger partial charge in [0, 0.05) is 38.3 Å². The van der Waals surface area contributed by atoms with Crippen LogP contribution in [0.1, 0.15) is 57.4 Å². The first-order chi connectivity index (χ1) is 17.4. The Bertz CT molecular complexity index is 979. The summed E-state index contributed by atoms with van der Waals surface area (Å²) in [5.41, 5.74) is 1.25. The summed E-state index contributed by atoms with van der Waals surface area (Å²) >= 11 is 1.33. The van der Waals surface area contributed by atoms with Crippen LogP contribution in [0.15, 0.2) is 48.1 Å². The maximum atomic E-state index is 13.0. The molecule has 1 aromatic carbocycles. The van der Waals surface area contributed by atoms with E-state index in [1.54, 1.807) is 20.3 Å². The topological polar surface area (TPSA) is 77.1 Å². The number of benzene rings is 1. The van der Waals surface area contributed by atoms with E-state index in [4.69, 9.17) is 14.2 Å². The largest absolute Gasteiger partial charge is 0.497 e. The van der Waals surface area contributed by atoms with Crippen molar-refractivity contribution < 1.29 is 23.8 Å². The number of carbonyl (C=O) groups is 2. The predicted octanol–water partition coefficient (Wildman–Crippen LogP) is 5.21. The Morgan fingerprint density at radius 3 is 2.67 bits per heavy atom. The average Bonchev–Trinajstić information content (AvgIpc) is 3.23. The molecule has 0 aromatic heterocycles. The van der Waals surface area contributed by atoms with Crippen LogP contribution in [0.2, 0.25) is 0 Å². The molecule has 1 N–H and O–H groups in total. The van der Waals surface area contributed by atoms with Crippen molar-refractivity contribution >= 4 is 22.9 Å². The van der Waals surface area contributed by atoms with Gasteiger partial charge < -0.3 is 24.4 Å². The van der Waals surface area contributed by atoms with Gasteiger partial charge in [-0.2, -0.15) is 0 Å². The minimum absolute atomic E-state index is 0.0550. The van der Waals surface area contributed by atoms with Crippen molar-refractivity contribution in [1.29, 1.82) is 0 Å². The molecule has 1 aromatic rings. The first-order valence-electron chi connectivity index (χ1n) is 12.8. The number of ether oxygens (including phenoxy) is 3. The van der Waals surface area contributed by atoms with Crippen molar-refractivity contribution in [3.63, 3.8) is 0 Å². The summed E-state index contributed by atoms with van der Waals surface area (Å²) in [6.07, 6.45) is 11.6. The summed E-state index contributed by atoms with van der Waals surface area (Å²) in [5.74, 6) is 1.30. The quantitative estimate of drug-likeness (QED) is 0.544. The molecule has 36 heavy (non-hydrogen) atoms. The standard InChI is InChI=1S/C28H38N2O5S/c1-20-9-7-5-4-6-8-10-23-16-28(34-3,29-26(31)15-20)17-25(35-23)24-19-36-27(32)30(24)18-21-11-13-22(33-2)14-12-21/h4-5,11-15,23-25H,6-10,16-19H2,1-3H3,(H,29,31)/t23-,24+,25-,28?/m1/s1. The van der Waals surface area contributed by atoms with Crippen LogP contribution in [0.4, 0.5) is 4.79 Å². The molecule has 2 fully saturated rings. The third kappa shape index (κ3) is 6.72. The Morgan fingerprint density at radius 2 is 1.92 bits per heavy atom. The zero-order valence-electron chi connectivity index (χ0n) is 21.5. The third-order valence-corrected chi connectivity index (χ3v) is 8.29. The van der Waals surface area contributed by atoms with Crippen LogP contribution in [0.3, 0.4) is 0 Å². The van der Waals surface area contributed by atoms with E-state index < -0.39 is 5.72 Å². The molecule has 2 bridgehead atoms. The van der Waals surface area contributed by atoms with Gasteiger partial charge in [-0.25, -0.2) is 0 Å². The third-order valence-electron chi connectivity index (χ3n) is 7.30. The number of thioether (sulfide) groups is 1. The number of nitrogens with one attached hydrogen (secondary N) is 1. The van der Waals surface area contributed by atoms with Crippen LogP contribution >= 0.6 is 11.8 Å². The number of methoxy groups -OCH3 is 2. The number of fused-ring (bicyclic) bond motifs is 2. The monoisotopic (exact) mass is 514 g/mol. The van der Waals surface area contributed by atoms with E-state index in [-0.39, 0.29) is 29.4 Å². The maximum Gasteiger partial charge on any atom is 0.282 e. The van der Waals surface area contributed by atoms with E-state index in [1.165, 1.54) is 11.8 Å². The van der Waals surface area contributed by atoms with Crippen molar-refractivity contribution in [3.05, 3.63) is 53.6 Å². The summed E-state index contributed by atoms with van der Waals surface area (Å²) in [7, 11) is 3.30. The number of hydrogen-bond acceptors (Lipinski definition) is 6. The van der Waals surface area contributed by atoms with Crippen LogP contribution in [0.5, 0.6) is 5.75 Å². The van der Waals surface area contributed by atoms with Gasteiger partial charge in [-0.3, -0.25) is 9.59 Å². The Balaban J connectivity index is 1.56. The van der Waals surface area contributed by atoms with E-state index >= 15 is 0 Å². The Labute approximate surface area is 218 Å². The summed E-state index contributed by atoms with van der Waals surface area (Å²) in [5, 5.41) is 3.23. The second-order valence-corrected chi connectivity index (χ2v) is 10.9. The molecule has 0 radical (unpaired) electrons. The van der Waals surface area contributed by atoms with E-state index in [2.05, 4.69) is 17.5 Å². The van der Waals surface area contributed by atoms with Crippen LogP contribution < -0.4 is 10.1 Å². The summed E-state index contributed by atoms with van der Waals surface area (Å²) < 4.78 is 17.9. The van der Waals surface area contributed by atoms with E-state index in [0.29, 0.717) is 25.1 Å². The smallest absolute Gasteiger partial charge is 0.282 e. The van der Waals surface area contributed by atoms with Crippen molar-refractivity contribution in [2.75, 3.05) is 20.0 Å². The van der Waals surface area contributed by atoms with Gasteiger partial charge >= 0.3 is 0 Å². The average molecular weight is 515 g/mol. The van der Waals surface area contributed by atoms with Gasteiger partial charge in [-0.05, 0) is 56.7 Å². The van der Waals surface area contributed by atoms with Crippen LogP contribution in [0, 0.1) is 0 Å². The SMILES string of the molecule is COc1ccc(CN2C(=O)SC[C@H]2[C@H]2CC3(OC)C[C@@H](CCCC=CCCC(C)=CC(=O)N3)O2)cc1. The minimum atomic E-state index is -0.830. The number of nitrogens with zero attached hydrogens (tertiary/aromatic N) is 1. The lowest BCUT2D eigenvalue weighted by molar-refractivity contribution is -0.185.